The largest absolute Gasteiger partial charge is 0.493 e. The van der Waals surface area contributed by atoms with E-state index in [1.165, 1.54) is 28.2 Å². The van der Waals surface area contributed by atoms with Crippen molar-refractivity contribution in [3.8, 4) is 11.5 Å². The molecule has 114 valence electrons. The van der Waals surface area contributed by atoms with Crippen LogP contribution in [-0.2, 0) is 14.8 Å². The highest BCUT2D eigenvalue weighted by Gasteiger charge is 2.37. The Balaban J connectivity index is 2.87. The van der Waals surface area contributed by atoms with Gasteiger partial charge in [0.2, 0.25) is 0 Å². The highest BCUT2D eigenvalue weighted by atomic mass is 32.2. The highest BCUT2D eigenvalue weighted by molar-refractivity contribution is 7.97. The Bertz CT molecular complexity index is 752. The number of benzene rings is 1. The molecule has 0 aromatic heterocycles. The predicted octanol–water partition coefficient (Wildman–Crippen LogP) is 0.700. The van der Waals surface area contributed by atoms with Gasteiger partial charge in [-0.25, -0.2) is 8.42 Å². The molecule has 0 aliphatic carbocycles. The second-order valence-electron chi connectivity index (χ2n) is 4.52. The maximum Gasteiger partial charge on any atom is 0.269 e. The third-order valence-corrected chi connectivity index (χ3v) is 5.37. The maximum absolute atomic E-state index is 12.4. The summed E-state index contributed by atoms with van der Waals surface area (Å²) in [6.45, 7) is 1.54. The third-order valence-electron chi connectivity index (χ3n) is 3.43. The molecular weight excluding hydrogens is 296 g/mol. The van der Waals surface area contributed by atoms with Gasteiger partial charge in [-0.15, -0.1) is 0 Å². The topological polar surface area (TPSA) is 98.9 Å². The highest BCUT2D eigenvalue weighted by Crippen LogP contribution is 2.43. The summed E-state index contributed by atoms with van der Waals surface area (Å²) in [5.41, 5.74) is 6.46. The lowest BCUT2D eigenvalue weighted by Crippen LogP contribution is -2.37. The smallest absolute Gasteiger partial charge is 0.269 e. The minimum Gasteiger partial charge on any atom is -0.493 e. The maximum atomic E-state index is 12.4. The van der Waals surface area contributed by atoms with E-state index in [9.17, 15) is 13.2 Å². The van der Waals surface area contributed by atoms with Gasteiger partial charge in [0.05, 0.1) is 19.9 Å². The molecule has 1 amide bonds. The number of methoxy groups -OCH3 is 2. The van der Waals surface area contributed by atoms with E-state index in [4.69, 9.17) is 15.2 Å². The number of allylic oxidation sites excluding steroid dienone is 1. The molecule has 0 radical (unpaired) electrons. The Morgan fingerprint density at radius 2 is 1.71 bits per heavy atom. The molecule has 2 N–H and O–H groups in total. The van der Waals surface area contributed by atoms with E-state index in [-0.39, 0.29) is 5.57 Å². The summed E-state index contributed by atoms with van der Waals surface area (Å²) in [5, 5.41) is 0. The number of rotatable bonds is 3. The van der Waals surface area contributed by atoms with Crippen LogP contribution in [0.4, 0.5) is 5.69 Å². The molecule has 21 heavy (non-hydrogen) atoms. The van der Waals surface area contributed by atoms with E-state index in [2.05, 4.69) is 0 Å². The molecule has 0 spiro atoms. The van der Waals surface area contributed by atoms with E-state index in [0.29, 0.717) is 22.7 Å². The number of sulfonamides is 1. The molecule has 1 heterocycles. The van der Waals surface area contributed by atoms with Gasteiger partial charge in [-0.1, -0.05) is 0 Å². The first-order chi connectivity index (χ1) is 9.75. The molecule has 0 fully saturated rings. The van der Waals surface area contributed by atoms with Crippen LogP contribution in [0, 0.1) is 0 Å². The molecule has 0 saturated heterocycles. The van der Waals surface area contributed by atoms with Gasteiger partial charge in [0.25, 0.3) is 15.9 Å². The van der Waals surface area contributed by atoms with Crippen molar-refractivity contribution in [2.75, 3.05) is 25.6 Å². The van der Waals surface area contributed by atoms with Gasteiger partial charge in [-0.05, 0) is 18.6 Å². The number of hydrogen-bond acceptors (Lipinski definition) is 5. The van der Waals surface area contributed by atoms with Gasteiger partial charge in [0, 0.05) is 18.7 Å². The summed E-state index contributed by atoms with van der Waals surface area (Å²) in [5.74, 6) is -0.152. The standard InChI is InChI=1S/C13H16N2O5S/c1-7-8-5-10(19-3)11(20-4)6-9(8)15(2)21(17,18)12(7)13(14)16/h5-6H,1-4H3,(H2,14,16). The van der Waals surface area contributed by atoms with Crippen LogP contribution < -0.4 is 19.5 Å². The third kappa shape index (κ3) is 2.11. The number of nitrogens with two attached hydrogens (primary N) is 1. The van der Waals surface area contributed by atoms with Crippen molar-refractivity contribution in [1.82, 2.24) is 0 Å². The second-order valence-corrected chi connectivity index (χ2v) is 6.42. The van der Waals surface area contributed by atoms with Crippen molar-refractivity contribution < 1.29 is 22.7 Å². The van der Waals surface area contributed by atoms with Gasteiger partial charge in [0.15, 0.2) is 16.4 Å². The lowest BCUT2D eigenvalue weighted by Gasteiger charge is -2.29. The van der Waals surface area contributed by atoms with Crippen molar-refractivity contribution in [3.63, 3.8) is 0 Å². The van der Waals surface area contributed by atoms with Crippen LogP contribution in [0.2, 0.25) is 0 Å². The van der Waals surface area contributed by atoms with E-state index in [1.807, 2.05) is 0 Å². The minimum absolute atomic E-state index is 0.288. The predicted molar refractivity (Wildman–Crippen MR) is 78.7 cm³/mol. The van der Waals surface area contributed by atoms with Crippen LogP contribution in [0.1, 0.15) is 12.5 Å². The zero-order valence-corrected chi connectivity index (χ0v) is 12.9. The lowest BCUT2D eigenvalue weighted by atomic mass is 10.0. The molecule has 0 bridgehead atoms. The van der Waals surface area contributed by atoms with E-state index < -0.39 is 20.8 Å². The average molecular weight is 312 g/mol. The van der Waals surface area contributed by atoms with Crippen LogP contribution in [0.5, 0.6) is 11.5 Å². The number of anilines is 1. The molecule has 1 aliphatic heterocycles. The van der Waals surface area contributed by atoms with Gasteiger partial charge < -0.3 is 15.2 Å². The zero-order valence-electron chi connectivity index (χ0n) is 12.1. The molecule has 7 nitrogen and oxygen atoms in total. The molecule has 8 heteroatoms. The van der Waals surface area contributed by atoms with Crippen LogP contribution in [-0.4, -0.2) is 35.6 Å². The van der Waals surface area contributed by atoms with E-state index in [1.54, 1.807) is 12.1 Å². The Morgan fingerprint density at radius 1 is 1.19 bits per heavy atom. The molecule has 2 rings (SSSR count). The number of hydrogen-bond donors (Lipinski definition) is 1. The summed E-state index contributed by atoms with van der Waals surface area (Å²) in [6.07, 6.45) is 0. The fourth-order valence-corrected chi connectivity index (χ4v) is 3.76. The summed E-state index contributed by atoms with van der Waals surface area (Å²) >= 11 is 0. The normalized spacial score (nSPS) is 16.5. The lowest BCUT2D eigenvalue weighted by molar-refractivity contribution is -0.113. The Labute approximate surface area is 123 Å². The van der Waals surface area contributed by atoms with Crippen molar-refractivity contribution >= 4 is 27.2 Å². The number of carbonyl (C=O) groups is 1. The SMILES string of the molecule is COc1cc2c(cc1OC)N(C)S(=O)(=O)C(C(N)=O)=C2C. The Kier molecular flexibility index (Phi) is 3.58. The summed E-state index contributed by atoms with van der Waals surface area (Å²) in [4.78, 5) is 11.1. The first-order valence-corrected chi connectivity index (χ1v) is 7.45. The van der Waals surface area contributed by atoms with Gasteiger partial charge in [0.1, 0.15) is 0 Å². The van der Waals surface area contributed by atoms with Gasteiger partial charge in [-0.2, -0.15) is 0 Å². The Hall–Kier alpha value is -2.22. The number of ether oxygens (including phenoxy) is 2. The number of carbonyl (C=O) groups excluding carboxylic acids is 1. The monoisotopic (exact) mass is 312 g/mol. The van der Waals surface area contributed by atoms with Crippen molar-refractivity contribution in [3.05, 3.63) is 22.6 Å². The number of primary amides is 1. The minimum atomic E-state index is -3.97. The zero-order chi connectivity index (χ0) is 15.9. The van der Waals surface area contributed by atoms with Crippen molar-refractivity contribution in [2.24, 2.45) is 5.73 Å². The second kappa shape index (κ2) is 4.96. The fraction of sp³-hybridized carbons (Fsp3) is 0.308. The molecule has 1 aromatic carbocycles. The first-order valence-electron chi connectivity index (χ1n) is 6.01. The summed E-state index contributed by atoms with van der Waals surface area (Å²) in [6, 6.07) is 3.17. The quantitative estimate of drug-likeness (QED) is 0.885. The molecule has 1 aliphatic rings. The summed E-state index contributed by atoms with van der Waals surface area (Å²) in [7, 11) is 0.321. The van der Waals surface area contributed by atoms with E-state index >= 15 is 0 Å². The van der Waals surface area contributed by atoms with Crippen LogP contribution in [0.15, 0.2) is 17.0 Å². The van der Waals surface area contributed by atoms with Crippen molar-refractivity contribution in [1.29, 1.82) is 0 Å². The number of nitrogens with zero attached hydrogens (tertiary/aromatic N) is 1. The van der Waals surface area contributed by atoms with Crippen LogP contribution in [0.3, 0.4) is 0 Å². The van der Waals surface area contributed by atoms with Crippen LogP contribution >= 0.6 is 0 Å². The first kappa shape index (κ1) is 15.2. The molecule has 0 unspecified atom stereocenters. The van der Waals surface area contributed by atoms with Crippen molar-refractivity contribution in [2.45, 2.75) is 6.92 Å². The van der Waals surface area contributed by atoms with Crippen LogP contribution in [0.25, 0.3) is 5.57 Å². The van der Waals surface area contributed by atoms with Gasteiger partial charge in [-0.3, -0.25) is 9.10 Å². The average Bonchev–Trinajstić information content (AvgIpc) is 2.42. The molecule has 1 aromatic rings. The fourth-order valence-electron chi connectivity index (χ4n) is 2.32. The molecule has 0 atom stereocenters. The van der Waals surface area contributed by atoms with E-state index in [0.717, 1.165) is 4.31 Å². The summed E-state index contributed by atoms with van der Waals surface area (Å²) < 4.78 is 36.1. The van der Waals surface area contributed by atoms with Gasteiger partial charge >= 0.3 is 0 Å². The molecule has 0 saturated carbocycles. The number of fused-ring (bicyclic) bond motifs is 1. The molecular formula is C13H16N2O5S. The Morgan fingerprint density at radius 3 is 2.19 bits per heavy atom. The number of amides is 1.